The minimum Gasteiger partial charge on any atom is -0.493 e. The molecule has 0 aliphatic rings. The Bertz CT molecular complexity index is 617. The van der Waals surface area contributed by atoms with Crippen LogP contribution in [-0.4, -0.2) is 14.2 Å². The van der Waals surface area contributed by atoms with E-state index in [-0.39, 0.29) is 5.82 Å². The Morgan fingerprint density at radius 3 is 2.38 bits per heavy atom. The first-order valence-corrected chi connectivity index (χ1v) is 6.60. The first-order valence-electron chi connectivity index (χ1n) is 6.60. The second-order valence-corrected chi connectivity index (χ2v) is 4.62. The smallest absolute Gasteiger partial charge is 0.161 e. The zero-order valence-electron chi connectivity index (χ0n) is 12.0. The number of ether oxygens (including phenoxy) is 2. The zero-order valence-corrected chi connectivity index (χ0v) is 12.0. The summed E-state index contributed by atoms with van der Waals surface area (Å²) in [5, 5.41) is 1.90. The number of hydrogen-bond donors (Lipinski definition) is 1. The van der Waals surface area contributed by atoms with E-state index in [2.05, 4.69) is 0 Å². The van der Waals surface area contributed by atoms with Gasteiger partial charge >= 0.3 is 0 Å². The topological polar surface area (TPSA) is 35.1 Å². The van der Waals surface area contributed by atoms with Crippen LogP contribution in [0.4, 0.5) is 8.78 Å². The van der Waals surface area contributed by atoms with Crippen LogP contribution in [0.15, 0.2) is 36.4 Å². The van der Waals surface area contributed by atoms with E-state index in [1.54, 1.807) is 14.2 Å². The minimum atomic E-state index is -0.425. The largest absolute Gasteiger partial charge is 0.493 e. The number of rotatable bonds is 6. The average molecular weight is 294 g/mol. The molecular weight excluding hydrogens is 276 g/mol. The van der Waals surface area contributed by atoms with Crippen molar-refractivity contribution in [2.75, 3.05) is 14.2 Å². The molecule has 21 heavy (non-hydrogen) atoms. The molecule has 0 aromatic heterocycles. The van der Waals surface area contributed by atoms with E-state index in [9.17, 15) is 8.78 Å². The number of halogens is 2. The van der Waals surface area contributed by atoms with Gasteiger partial charge in [0.05, 0.1) is 14.2 Å². The highest BCUT2D eigenvalue weighted by Gasteiger charge is 2.08. The lowest BCUT2D eigenvalue weighted by molar-refractivity contribution is -0.686. The normalized spacial score (nSPS) is 10.5. The summed E-state index contributed by atoms with van der Waals surface area (Å²) < 4.78 is 37.0. The number of methoxy groups -OCH3 is 2. The summed E-state index contributed by atoms with van der Waals surface area (Å²) in [5.41, 5.74) is 1.37. The van der Waals surface area contributed by atoms with Crippen LogP contribution >= 0.6 is 0 Å². The van der Waals surface area contributed by atoms with Crippen LogP contribution < -0.4 is 14.8 Å². The Morgan fingerprint density at radius 2 is 1.67 bits per heavy atom. The van der Waals surface area contributed by atoms with Gasteiger partial charge in [-0.2, -0.15) is 0 Å². The number of hydrogen-bond acceptors (Lipinski definition) is 2. The van der Waals surface area contributed by atoms with Gasteiger partial charge in [-0.05, 0) is 36.4 Å². The molecule has 0 atom stereocenters. The SMILES string of the molecule is COc1ccc(C[NH2+]Cc2cc(F)ccc2F)cc1OC. The van der Waals surface area contributed by atoms with Gasteiger partial charge in [-0.15, -0.1) is 0 Å². The van der Waals surface area contributed by atoms with Crippen LogP contribution in [-0.2, 0) is 13.1 Å². The molecule has 0 radical (unpaired) electrons. The molecule has 2 rings (SSSR count). The van der Waals surface area contributed by atoms with Gasteiger partial charge in [-0.1, -0.05) is 0 Å². The first-order chi connectivity index (χ1) is 10.1. The minimum absolute atomic E-state index is 0.357. The lowest BCUT2D eigenvalue weighted by Crippen LogP contribution is -2.80. The van der Waals surface area contributed by atoms with Gasteiger partial charge in [-0.25, -0.2) is 8.78 Å². The molecule has 112 valence electrons. The van der Waals surface area contributed by atoms with E-state index in [1.807, 2.05) is 23.5 Å². The maximum Gasteiger partial charge on any atom is 0.161 e. The van der Waals surface area contributed by atoms with Crippen LogP contribution in [0.3, 0.4) is 0 Å². The van der Waals surface area contributed by atoms with E-state index in [0.29, 0.717) is 30.2 Å². The lowest BCUT2D eigenvalue weighted by Gasteiger charge is -2.09. The molecule has 2 aromatic carbocycles. The van der Waals surface area contributed by atoms with E-state index in [4.69, 9.17) is 9.47 Å². The standard InChI is InChI=1S/C16H17F2NO2/c1-20-15-6-3-11(7-16(15)21-2)9-19-10-12-8-13(17)4-5-14(12)18/h3-8,19H,9-10H2,1-2H3/p+1. The van der Waals surface area contributed by atoms with Crippen molar-refractivity contribution in [3.8, 4) is 11.5 Å². The highest BCUT2D eigenvalue weighted by atomic mass is 19.1. The van der Waals surface area contributed by atoms with Gasteiger partial charge in [0.25, 0.3) is 0 Å². The van der Waals surface area contributed by atoms with Crippen LogP contribution in [0, 0.1) is 11.6 Å². The molecule has 2 aromatic rings. The average Bonchev–Trinajstić information content (AvgIpc) is 2.50. The number of nitrogens with two attached hydrogens (primary N) is 1. The van der Waals surface area contributed by atoms with E-state index in [0.717, 1.165) is 17.7 Å². The maximum absolute atomic E-state index is 13.5. The highest BCUT2D eigenvalue weighted by Crippen LogP contribution is 2.27. The van der Waals surface area contributed by atoms with Gasteiger partial charge in [-0.3, -0.25) is 0 Å². The summed E-state index contributed by atoms with van der Waals surface area (Å²) in [6, 6.07) is 9.10. The van der Waals surface area contributed by atoms with Gasteiger partial charge in [0.1, 0.15) is 24.7 Å². The second-order valence-electron chi connectivity index (χ2n) is 4.62. The van der Waals surface area contributed by atoms with Crippen molar-refractivity contribution in [2.45, 2.75) is 13.1 Å². The Morgan fingerprint density at radius 1 is 0.905 bits per heavy atom. The molecule has 0 unspecified atom stereocenters. The van der Waals surface area contributed by atoms with Crippen molar-refractivity contribution in [1.82, 2.24) is 0 Å². The van der Waals surface area contributed by atoms with Gasteiger partial charge < -0.3 is 14.8 Å². The number of quaternary nitrogens is 1. The molecule has 0 aliphatic carbocycles. The van der Waals surface area contributed by atoms with Crippen LogP contribution in [0.1, 0.15) is 11.1 Å². The lowest BCUT2D eigenvalue weighted by atomic mass is 10.1. The summed E-state index contributed by atoms with van der Waals surface area (Å²) in [6.45, 7) is 1.01. The quantitative estimate of drug-likeness (QED) is 0.887. The second kappa shape index (κ2) is 7.04. The van der Waals surface area contributed by atoms with Crippen molar-refractivity contribution in [2.24, 2.45) is 0 Å². The molecule has 0 fully saturated rings. The molecule has 0 saturated heterocycles. The third kappa shape index (κ3) is 3.92. The van der Waals surface area contributed by atoms with Crippen molar-refractivity contribution >= 4 is 0 Å². The molecule has 0 spiro atoms. The van der Waals surface area contributed by atoms with Gasteiger partial charge in [0.15, 0.2) is 11.5 Å². The molecule has 0 amide bonds. The predicted molar refractivity (Wildman–Crippen MR) is 75.2 cm³/mol. The maximum atomic E-state index is 13.5. The van der Waals surface area contributed by atoms with Gasteiger partial charge in [0.2, 0.25) is 0 Å². The number of benzene rings is 2. The van der Waals surface area contributed by atoms with E-state index >= 15 is 0 Å². The fraction of sp³-hybridized carbons (Fsp3) is 0.250. The molecule has 0 saturated carbocycles. The van der Waals surface area contributed by atoms with Crippen LogP contribution in [0.2, 0.25) is 0 Å². The van der Waals surface area contributed by atoms with Crippen molar-refractivity contribution in [3.63, 3.8) is 0 Å². The fourth-order valence-electron chi connectivity index (χ4n) is 2.10. The molecule has 0 heterocycles. The Balaban J connectivity index is 1.98. The zero-order chi connectivity index (χ0) is 15.2. The van der Waals surface area contributed by atoms with Crippen molar-refractivity contribution < 1.29 is 23.6 Å². The van der Waals surface area contributed by atoms with Crippen LogP contribution in [0.25, 0.3) is 0 Å². The molecule has 2 N–H and O–H groups in total. The third-order valence-electron chi connectivity index (χ3n) is 3.20. The highest BCUT2D eigenvalue weighted by molar-refractivity contribution is 5.42. The van der Waals surface area contributed by atoms with Crippen molar-refractivity contribution in [3.05, 3.63) is 59.2 Å². The summed E-state index contributed by atoms with van der Waals surface area (Å²) in [4.78, 5) is 0. The van der Waals surface area contributed by atoms with Gasteiger partial charge in [0, 0.05) is 11.1 Å². The third-order valence-corrected chi connectivity index (χ3v) is 3.20. The summed E-state index contributed by atoms with van der Waals surface area (Å²) in [7, 11) is 3.16. The summed E-state index contributed by atoms with van der Waals surface area (Å²) >= 11 is 0. The predicted octanol–water partition coefficient (Wildman–Crippen LogP) is 2.25. The van der Waals surface area contributed by atoms with E-state index < -0.39 is 5.82 Å². The molecule has 5 heteroatoms. The monoisotopic (exact) mass is 294 g/mol. The summed E-state index contributed by atoms with van der Waals surface area (Å²) in [5.74, 6) is 0.503. The van der Waals surface area contributed by atoms with Crippen molar-refractivity contribution in [1.29, 1.82) is 0 Å². The van der Waals surface area contributed by atoms with Crippen LogP contribution in [0.5, 0.6) is 11.5 Å². The van der Waals surface area contributed by atoms with E-state index in [1.165, 1.54) is 6.07 Å². The molecular formula is C16H18F2NO2+. The fourth-order valence-corrected chi connectivity index (χ4v) is 2.10. The Labute approximate surface area is 122 Å². The Kier molecular flexibility index (Phi) is 5.11. The molecule has 0 aliphatic heterocycles. The summed E-state index contributed by atoms with van der Waals surface area (Å²) in [6.07, 6.45) is 0. The Hall–Kier alpha value is -2.14. The first kappa shape index (κ1) is 15.3. The molecule has 0 bridgehead atoms. The molecule has 3 nitrogen and oxygen atoms in total.